The predicted octanol–water partition coefficient (Wildman–Crippen LogP) is 2.02. The second-order valence-corrected chi connectivity index (χ2v) is 4.65. The molecule has 5 heteroatoms. The Morgan fingerprint density at radius 1 is 1.64 bits per heavy atom. The molecule has 3 N–H and O–H groups in total. The van der Waals surface area contributed by atoms with E-state index in [1.807, 2.05) is 20.8 Å². The van der Waals surface area contributed by atoms with Crippen LogP contribution in [-0.2, 0) is 4.79 Å². The predicted molar refractivity (Wildman–Crippen MR) is 59.3 cm³/mol. The molecular weight excluding hydrogens is 198 g/mol. The van der Waals surface area contributed by atoms with Gasteiger partial charge in [0.05, 0.1) is 5.69 Å². The minimum atomic E-state index is -0.00579. The van der Waals surface area contributed by atoms with E-state index in [1.54, 1.807) is 0 Å². The number of aromatic nitrogens is 1. The lowest BCUT2D eigenvalue weighted by Crippen LogP contribution is -2.13. The summed E-state index contributed by atoms with van der Waals surface area (Å²) in [5, 5.41) is 3.97. The number of nitrogens with one attached hydrogen (secondary N) is 1. The van der Waals surface area contributed by atoms with Gasteiger partial charge in [-0.05, 0) is 12.8 Å². The summed E-state index contributed by atoms with van der Waals surface area (Å²) >= 11 is 1.30. The van der Waals surface area contributed by atoms with Crippen LogP contribution in [0.15, 0.2) is 0 Å². The number of hydrogen-bond donors (Lipinski definition) is 2. The van der Waals surface area contributed by atoms with Gasteiger partial charge in [-0.2, -0.15) is 0 Å². The summed E-state index contributed by atoms with van der Waals surface area (Å²) in [5.41, 5.74) is 6.40. The molecule has 0 aliphatic carbocycles. The molecule has 1 rings (SSSR count). The molecule has 1 heterocycles. The number of nitrogens with zero attached hydrogens (tertiary/aromatic N) is 1. The molecule has 0 saturated carbocycles. The average Bonchev–Trinajstić information content (AvgIpc) is 2.28. The van der Waals surface area contributed by atoms with Gasteiger partial charge in [0.25, 0.3) is 0 Å². The van der Waals surface area contributed by atoms with Crippen molar-refractivity contribution in [3.8, 4) is 0 Å². The number of thiazole rings is 1. The van der Waals surface area contributed by atoms with Gasteiger partial charge in [0.1, 0.15) is 5.00 Å². The summed E-state index contributed by atoms with van der Waals surface area (Å²) in [6.07, 6.45) is 0.512. The van der Waals surface area contributed by atoms with Crippen molar-refractivity contribution in [1.82, 2.24) is 4.98 Å². The van der Waals surface area contributed by atoms with Gasteiger partial charge in [-0.15, -0.1) is 0 Å². The molecule has 0 atom stereocenters. The fourth-order valence-electron chi connectivity index (χ4n) is 1.00. The highest BCUT2D eigenvalue weighted by molar-refractivity contribution is 7.19. The van der Waals surface area contributed by atoms with Crippen LogP contribution in [0.25, 0.3) is 0 Å². The largest absolute Gasteiger partial charge is 0.389 e. The number of aryl methyl sites for hydroxylation is 1. The van der Waals surface area contributed by atoms with Crippen LogP contribution in [0, 0.1) is 12.8 Å². The van der Waals surface area contributed by atoms with E-state index < -0.39 is 0 Å². The lowest BCUT2D eigenvalue weighted by atomic mass is 10.1. The fraction of sp³-hybridized carbons (Fsp3) is 0.556. The number of amides is 1. The summed E-state index contributed by atoms with van der Waals surface area (Å²) < 4.78 is 0. The summed E-state index contributed by atoms with van der Waals surface area (Å²) in [4.78, 5) is 15.5. The number of nitrogens with two attached hydrogens (primary N) is 1. The maximum Gasteiger partial charge on any atom is 0.226 e. The lowest BCUT2D eigenvalue weighted by molar-refractivity contribution is -0.116. The highest BCUT2D eigenvalue weighted by Gasteiger charge is 2.09. The van der Waals surface area contributed by atoms with Gasteiger partial charge in [0, 0.05) is 6.42 Å². The Bertz CT molecular complexity index is 313. The second kappa shape index (κ2) is 4.41. The Kier molecular flexibility index (Phi) is 3.46. The van der Waals surface area contributed by atoms with Crippen LogP contribution < -0.4 is 11.1 Å². The summed E-state index contributed by atoms with van der Waals surface area (Å²) in [6.45, 7) is 5.83. The maximum absolute atomic E-state index is 11.4. The van der Waals surface area contributed by atoms with Crippen LogP contribution in [0.4, 0.5) is 10.1 Å². The molecule has 0 saturated heterocycles. The van der Waals surface area contributed by atoms with E-state index >= 15 is 0 Å². The lowest BCUT2D eigenvalue weighted by Gasteiger charge is -2.03. The van der Waals surface area contributed by atoms with Gasteiger partial charge in [-0.3, -0.25) is 4.79 Å². The fourth-order valence-corrected chi connectivity index (χ4v) is 1.75. The second-order valence-electron chi connectivity index (χ2n) is 3.61. The Morgan fingerprint density at radius 2 is 2.29 bits per heavy atom. The number of rotatable bonds is 3. The number of nitrogen functional groups attached to an aromatic ring is 1. The quantitative estimate of drug-likeness (QED) is 0.807. The molecule has 1 aromatic heterocycles. The Morgan fingerprint density at radius 3 is 2.71 bits per heavy atom. The molecule has 0 spiro atoms. The zero-order valence-corrected chi connectivity index (χ0v) is 9.44. The minimum absolute atomic E-state index is 0.00579. The first-order valence-electron chi connectivity index (χ1n) is 4.51. The van der Waals surface area contributed by atoms with Crippen LogP contribution in [0.2, 0.25) is 0 Å². The molecular formula is C9H15N3OS. The van der Waals surface area contributed by atoms with Crippen molar-refractivity contribution >= 4 is 27.4 Å². The van der Waals surface area contributed by atoms with E-state index in [9.17, 15) is 4.79 Å². The van der Waals surface area contributed by atoms with Crippen LogP contribution >= 0.6 is 11.3 Å². The van der Waals surface area contributed by atoms with Crippen LogP contribution in [0.3, 0.4) is 0 Å². The molecule has 0 bridgehead atoms. The van der Waals surface area contributed by atoms with E-state index in [4.69, 9.17) is 5.73 Å². The molecule has 0 fully saturated rings. The first-order chi connectivity index (χ1) is 6.49. The molecule has 0 aliphatic rings. The van der Waals surface area contributed by atoms with Crippen molar-refractivity contribution in [2.45, 2.75) is 27.2 Å². The smallest absolute Gasteiger partial charge is 0.226 e. The highest BCUT2D eigenvalue weighted by Crippen LogP contribution is 2.24. The van der Waals surface area contributed by atoms with E-state index in [2.05, 4.69) is 10.3 Å². The van der Waals surface area contributed by atoms with Gasteiger partial charge in [-0.25, -0.2) is 4.98 Å². The first kappa shape index (κ1) is 11.0. The maximum atomic E-state index is 11.4. The number of carbonyl (C=O) groups is 1. The van der Waals surface area contributed by atoms with Crippen LogP contribution in [-0.4, -0.2) is 10.9 Å². The van der Waals surface area contributed by atoms with E-state index in [1.165, 1.54) is 11.3 Å². The van der Waals surface area contributed by atoms with Crippen LogP contribution in [0.1, 0.15) is 26.0 Å². The standard InChI is InChI=1S/C9H15N3OS/c1-5(2)4-7(13)12-9-11-6(3)8(10)14-9/h5H,4,10H2,1-3H3,(H,11,12,13). The molecule has 78 valence electrons. The third kappa shape index (κ3) is 2.99. The van der Waals surface area contributed by atoms with Crippen molar-refractivity contribution in [1.29, 1.82) is 0 Å². The molecule has 14 heavy (non-hydrogen) atoms. The van der Waals surface area contributed by atoms with Gasteiger partial charge in [0.2, 0.25) is 5.91 Å². The third-order valence-electron chi connectivity index (χ3n) is 1.67. The zero-order chi connectivity index (χ0) is 10.7. The first-order valence-corrected chi connectivity index (χ1v) is 5.33. The molecule has 0 aliphatic heterocycles. The van der Waals surface area contributed by atoms with Gasteiger partial charge >= 0.3 is 0 Å². The summed E-state index contributed by atoms with van der Waals surface area (Å²) in [6, 6.07) is 0. The molecule has 0 radical (unpaired) electrons. The topological polar surface area (TPSA) is 68.0 Å². The Labute approximate surface area is 87.5 Å². The zero-order valence-electron chi connectivity index (χ0n) is 8.63. The minimum Gasteiger partial charge on any atom is -0.389 e. The van der Waals surface area contributed by atoms with Crippen molar-refractivity contribution in [3.63, 3.8) is 0 Å². The van der Waals surface area contributed by atoms with Gasteiger partial charge in [-0.1, -0.05) is 25.2 Å². The Balaban J connectivity index is 2.56. The Hall–Kier alpha value is -1.10. The number of hydrogen-bond acceptors (Lipinski definition) is 4. The van der Waals surface area contributed by atoms with Crippen molar-refractivity contribution in [2.75, 3.05) is 11.1 Å². The monoisotopic (exact) mass is 213 g/mol. The SMILES string of the molecule is Cc1nc(NC(=O)CC(C)C)sc1N. The normalized spacial score (nSPS) is 10.6. The number of anilines is 2. The van der Waals surface area contributed by atoms with E-state index in [-0.39, 0.29) is 5.91 Å². The molecule has 0 aromatic carbocycles. The van der Waals surface area contributed by atoms with Crippen LogP contribution in [0.5, 0.6) is 0 Å². The van der Waals surface area contributed by atoms with E-state index in [0.29, 0.717) is 22.5 Å². The molecule has 4 nitrogen and oxygen atoms in total. The van der Waals surface area contributed by atoms with Gasteiger partial charge < -0.3 is 11.1 Å². The molecule has 1 amide bonds. The van der Waals surface area contributed by atoms with Crippen molar-refractivity contribution in [2.24, 2.45) is 5.92 Å². The van der Waals surface area contributed by atoms with E-state index in [0.717, 1.165) is 5.69 Å². The van der Waals surface area contributed by atoms with Crippen molar-refractivity contribution in [3.05, 3.63) is 5.69 Å². The average molecular weight is 213 g/mol. The van der Waals surface area contributed by atoms with Crippen molar-refractivity contribution < 1.29 is 4.79 Å². The van der Waals surface area contributed by atoms with Gasteiger partial charge in [0.15, 0.2) is 5.13 Å². The molecule has 0 unspecified atom stereocenters. The third-order valence-corrected chi connectivity index (χ3v) is 2.57. The summed E-state index contributed by atoms with van der Waals surface area (Å²) in [5.74, 6) is 0.349. The summed E-state index contributed by atoms with van der Waals surface area (Å²) in [7, 11) is 0. The number of carbonyl (C=O) groups excluding carboxylic acids is 1. The molecule has 1 aromatic rings. The highest BCUT2D eigenvalue weighted by atomic mass is 32.1.